The molecule has 0 saturated heterocycles. The van der Waals surface area contributed by atoms with Crippen LogP contribution >= 0.6 is 0 Å². The Balaban J connectivity index is 2.18. The first-order valence-corrected chi connectivity index (χ1v) is 4.45. The number of hydrogen-bond acceptors (Lipinski definition) is 4. The third-order valence-electron chi connectivity index (χ3n) is 1.79. The maximum absolute atomic E-state index is 13.2. The van der Waals surface area contributed by atoms with Crippen LogP contribution < -0.4 is 5.32 Å². The highest BCUT2D eigenvalue weighted by Crippen LogP contribution is 2.09. The number of halogens is 1. The van der Waals surface area contributed by atoms with Gasteiger partial charge in [-0.25, -0.2) is 14.4 Å². The van der Waals surface area contributed by atoms with Gasteiger partial charge in [0.1, 0.15) is 5.69 Å². The second-order valence-electron chi connectivity index (χ2n) is 2.88. The van der Waals surface area contributed by atoms with E-state index < -0.39 is 11.7 Å². The molecule has 0 radical (unpaired) electrons. The van der Waals surface area contributed by atoms with Gasteiger partial charge < -0.3 is 5.32 Å². The summed E-state index contributed by atoms with van der Waals surface area (Å²) >= 11 is 0. The minimum atomic E-state index is -0.597. The van der Waals surface area contributed by atoms with E-state index >= 15 is 0 Å². The summed E-state index contributed by atoms with van der Waals surface area (Å²) in [5.74, 6) is -1.27. The van der Waals surface area contributed by atoms with Gasteiger partial charge in [0.15, 0.2) is 11.6 Å². The van der Waals surface area contributed by atoms with Gasteiger partial charge in [-0.2, -0.15) is 0 Å². The summed E-state index contributed by atoms with van der Waals surface area (Å²) in [4.78, 5) is 22.7. The number of nitrogens with zero attached hydrogens (tertiary/aromatic N) is 3. The van der Waals surface area contributed by atoms with Crippen molar-refractivity contribution in [2.75, 3.05) is 5.32 Å². The van der Waals surface area contributed by atoms with Crippen LogP contribution in [-0.4, -0.2) is 20.9 Å². The molecule has 1 N–H and O–H groups in total. The average molecular weight is 218 g/mol. The maximum Gasteiger partial charge on any atom is 0.277 e. The number of carbonyl (C=O) groups is 1. The van der Waals surface area contributed by atoms with Crippen LogP contribution in [0.25, 0.3) is 0 Å². The van der Waals surface area contributed by atoms with Gasteiger partial charge in [0.2, 0.25) is 0 Å². The molecule has 0 unspecified atom stereocenters. The van der Waals surface area contributed by atoms with E-state index in [1.165, 1.54) is 36.9 Å². The molecule has 0 aromatic carbocycles. The predicted molar refractivity (Wildman–Crippen MR) is 54.2 cm³/mol. The lowest BCUT2D eigenvalue weighted by Gasteiger charge is -2.03. The Labute approximate surface area is 90.4 Å². The summed E-state index contributed by atoms with van der Waals surface area (Å²) in [6, 6.07) is 2.65. The number of nitrogens with one attached hydrogen (secondary N) is 1. The SMILES string of the molecule is O=C(Nc1ncccc1F)c1cnccn1. The molecule has 0 aliphatic rings. The van der Waals surface area contributed by atoms with Gasteiger partial charge >= 0.3 is 0 Å². The van der Waals surface area contributed by atoms with E-state index in [9.17, 15) is 9.18 Å². The van der Waals surface area contributed by atoms with Gasteiger partial charge in [-0.15, -0.1) is 0 Å². The highest BCUT2D eigenvalue weighted by molar-refractivity contribution is 6.02. The second kappa shape index (κ2) is 4.43. The van der Waals surface area contributed by atoms with E-state index in [1.54, 1.807) is 0 Å². The minimum absolute atomic E-state index is 0.104. The first kappa shape index (κ1) is 10.2. The number of amides is 1. The molecule has 6 heteroatoms. The van der Waals surface area contributed by atoms with Gasteiger partial charge in [-0.1, -0.05) is 0 Å². The Kier molecular flexibility index (Phi) is 2.81. The Morgan fingerprint density at radius 3 is 2.81 bits per heavy atom. The van der Waals surface area contributed by atoms with Crippen molar-refractivity contribution in [2.45, 2.75) is 0 Å². The van der Waals surface area contributed by atoms with Crippen molar-refractivity contribution in [1.29, 1.82) is 0 Å². The van der Waals surface area contributed by atoms with Crippen molar-refractivity contribution in [3.63, 3.8) is 0 Å². The van der Waals surface area contributed by atoms with Crippen molar-refractivity contribution in [3.8, 4) is 0 Å². The highest BCUT2D eigenvalue weighted by Gasteiger charge is 2.10. The average Bonchev–Trinajstić information content (AvgIpc) is 2.33. The molecular weight excluding hydrogens is 211 g/mol. The van der Waals surface area contributed by atoms with Crippen LogP contribution in [0.15, 0.2) is 36.9 Å². The summed E-state index contributed by atoms with van der Waals surface area (Å²) in [6.07, 6.45) is 5.49. The quantitative estimate of drug-likeness (QED) is 0.824. The lowest BCUT2D eigenvalue weighted by atomic mass is 10.4. The fourth-order valence-corrected chi connectivity index (χ4v) is 1.07. The van der Waals surface area contributed by atoms with Gasteiger partial charge in [-0.3, -0.25) is 9.78 Å². The number of pyridine rings is 1. The van der Waals surface area contributed by atoms with Crippen molar-refractivity contribution < 1.29 is 9.18 Å². The van der Waals surface area contributed by atoms with Crippen LogP contribution in [0, 0.1) is 5.82 Å². The van der Waals surface area contributed by atoms with Crippen LogP contribution in [0.3, 0.4) is 0 Å². The second-order valence-corrected chi connectivity index (χ2v) is 2.88. The number of carbonyl (C=O) groups excluding carboxylic acids is 1. The van der Waals surface area contributed by atoms with E-state index in [0.29, 0.717) is 0 Å². The molecule has 2 heterocycles. The summed E-state index contributed by atoms with van der Waals surface area (Å²) in [7, 11) is 0. The molecule has 0 bridgehead atoms. The third kappa shape index (κ3) is 2.17. The number of aromatic nitrogens is 3. The Morgan fingerprint density at radius 1 is 1.25 bits per heavy atom. The smallest absolute Gasteiger partial charge is 0.277 e. The van der Waals surface area contributed by atoms with Gasteiger partial charge in [-0.05, 0) is 12.1 Å². The highest BCUT2D eigenvalue weighted by atomic mass is 19.1. The Bertz CT molecular complexity index is 503. The van der Waals surface area contributed by atoms with Crippen molar-refractivity contribution >= 4 is 11.7 Å². The molecule has 0 spiro atoms. The zero-order valence-electron chi connectivity index (χ0n) is 8.09. The first-order chi connectivity index (χ1) is 7.77. The zero-order valence-corrected chi connectivity index (χ0v) is 8.09. The molecule has 0 fully saturated rings. The Morgan fingerprint density at radius 2 is 2.12 bits per heavy atom. The molecule has 2 aromatic rings. The fraction of sp³-hybridized carbons (Fsp3) is 0. The number of hydrogen-bond donors (Lipinski definition) is 1. The van der Waals surface area contributed by atoms with Crippen LogP contribution in [0.4, 0.5) is 10.2 Å². The molecule has 2 rings (SSSR count). The molecule has 16 heavy (non-hydrogen) atoms. The van der Waals surface area contributed by atoms with Crippen molar-refractivity contribution in [1.82, 2.24) is 15.0 Å². The molecule has 80 valence electrons. The third-order valence-corrected chi connectivity index (χ3v) is 1.79. The van der Waals surface area contributed by atoms with E-state index in [0.717, 1.165) is 0 Å². The van der Waals surface area contributed by atoms with E-state index in [-0.39, 0.29) is 11.5 Å². The van der Waals surface area contributed by atoms with Gasteiger partial charge in [0.25, 0.3) is 5.91 Å². The normalized spacial score (nSPS) is 9.81. The first-order valence-electron chi connectivity index (χ1n) is 4.45. The molecule has 0 saturated carbocycles. The molecular formula is C10H7FN4O. The summed E-state index contributed by atoms with van der Waals surface area (Å²) < 4.78 is 13.2. The minimum Gasteiger partial charge on any atom is -0.303 e. The summed E-state index contributed by atoms with van der Waals surface area (Å²) in [6.45, 7) is 0. The lowest BCUT2D eigenvalue weighted by Crippen LogP contribution is -2.15. The largest absolute Gasteiger partial charge is 0.303 e. The fourth-order valence-electron chi connectivity index (χ4n) is 1.07. The zero-order chi connectivity index (χ0) is 11.4. The van der Waals surface area contributed by atoms with Crippen LogP contribution in [-0.2, 0) is 0 Å². The number of rotatable bonds is 2. The maximum atomic E-state index is 13.2. The summed E-state index contributed by atoms with van der Waals surface area (Å²) in [5.41, 5.74) is 0.104. The van der Waals surface area contributed by atoms with E-state index in [4.69, 9.17) is 0 Å². The predicted octanol–water partition coefficient (Wildman–Crippen LogP) is 1.26. The van der Waals surface area contributed by atoms with Crippen LogP contribution in [0.5, 0.6) is 0 Å². The number of anilines is 1. The standard InChI is InChI=1S/C10H7FN4O/c11-7-2-1-3-14-9(7)15-10(16)8-6-12-4-5-13-8/h1-6H,(H,14,15,16). The monoisotopic (exact) mass is 218 g/mol. The lowest BCUT2D eigenvalue weighted by molar-refractivity contribution is 0.102. The van der Waals surface area contributed by atoms with Crippen LogP contribution in [0.2, 0.25) is 0 Å². The Hall–Kier alpha value is -2.37. The van der Waals surface area contributed by atoms with Crippen molar-refractivity contribution in [2.24, 2.45) is 0 Å². The van der Waals surface area contributed by atoms with E-state index in [1.807, 2.05) is 0 Å². The topological polar surface area (TPSA) is 67.8 Å². The molecule has 1 amide bonds. The summed E-state index contributed by atoms with van der Waals surface area (Å²) in [5, 5.41) is 2.30. The van der Waals surface area contributed by atoms with Gasteiger partial charge in [0.05, 0.1) is 6.20 Å². The molecule has 0 atom stereocenters. The van der Waals surface area contributed by atoms with Crippen LogP contribution in [0.1, 0.15) is 10.5 Å². The molecule has 0 aliphatic carbocycles. The van der Waals surface area contributed by atoms with Crippen molar-refractivity contribution in [3.05, 3.63) is 48.4 Å². The molecule has 2 aromatic heterocycles. The van der Waals surface area contributed by atoms with E-state index in [2.05, 4.69) is 20.3 Å². The van der Waals surface area contributed by atoms with Gasteiger partial charge in [0, 0.05) is 18.6 Å². The molecule has 0 aliphatic heterocycles. The molecule has 5 nitrogen and oxygen atoms in total.